The fourth-order valence-corrected chi connectivity index (χ4v) is 2.91. The molecule has 0 N–H and O–H groups in total. The van der Waals surface area contributed by atoms with Crippen molar-refractivity contribution in [3.63, 3.8) is 0 Å². The monoisotopic (exact) mass is 290 g/mol. The summed E-state index contributed by atoms with van der Waals surface area (Å²) in [4.78, 5) is 5.00. The van der Waals surface area contributed by atoms with Crippen molar-refractivity contribution in [1.29, 1.82) is 0 Å². The lowest BCUT2D eigenvalue weighted by Crippen LogP contribution is -2.44. The van der Waals surface area contributed by atoms with E-state index in [4.69, 9.17) is 4.74 Å². The van der Waals surface area contributed by atoms with Gasteiger partial charge in [-0.05, 0) is 57.0 Å². The second-order valence-corrected chi connectivity index (χ2v) is 5.98. The Morgan fingerprint density at radius 3 is 2.52 bits per heavy atom. The van der Waals surface area contributed by atoms with Crippen molar-refractivity contribution in [3.05, 3.63) is 29.3 Å². The van der Waals surface area contributed by atoms with Crippen molar-refractivity contribution in [2.45, 2.75) is 33.1 Å². The number of piperazine rings is 1. The molecule has 21 heavy (non-hydrogen) atoms. The molecule has 0 saturated carbocycles. The van der Waals surface area contributed by atoms with E-state index in [1.54, 1.807) is 0 Å². The number of nitrogens with zero attached hydrogens (tertiary/aromatic N) is 2. The smallest absolute Gasteiger partial charge is 0.122 e. The molecule has 0 radical (unpaired) electrons. The van der Waals surface area contributed by atoms with E-state index in [-0.39, 0.29) is 0 Å². The van der Waals surface area contributed by atoms with E-state index in [0.717, 1.165) is 25.2 Å². The molecule has 0 aromatic heterocycles. The largest absolute Gasteiger partial charge is 0.494 e. The first kappa shape index (κ1) is 16.3. The fraction of sp³-hybridized carbons (Fsp3) is 0.667. The van der Waals surface area contributed by atoms with Gasteiger partial charge in [-0.3, -0.25) is 0 Å². The molecule has 1 aromatic rings. The highest BCUT2D eigenvalue weighted by molar-refractivity contribution is 5.37. The number of aryl methyl sites for hydroxylation is 2. The molecule has 1 heterocycles. The minimum absolute atomic E-state index is 0.747. The van der Waals surface area contributed by atoms with Crippen molar-refractivity contribution in [2.24, 2.45) is 0 Å². The quantitative estimate of drug-likeness (QED) is 0.768. The predicted octanol–water partition coefficient (Wildman–Crippen LogP) is 2.83. The molecule has 0 aliphatic carbocycles. The highest BCUT2D eigenvalue weighted by atomic mass is 16.5. The van der Waals surface area contributed by atoms with E-state index >= 15 is 0 Å². The van der Waals surface area contributed by atoms with E-state index in [1.165, 1.54) is 50.3 Å². The molecule has 2 rings (SSSR count). The summed E-state index contributed by atoms with van der Waals surface area (Å²) in [5.41, 5.74) is 2.79. The van der Waals surface area contributed by atoms with Crippen LogP contribution in [0.2, 0.25) is 0 Å². The summed E-state index contributed by atoms with van der Waals surface area (Å²) in [5, 5.41) is 0. The van der Waals surface area contributed by atoms with Crippen LogP contribution in [-0.2, 0) is 12.8 Å². The first-order valence-electron chi connectivity index (χ1n) is 8.38. The Balaban J connectivity index is 1.86. The van der Waals surface area contributed by atoms with Gasteiger partial charge in [0, 0.05) is 26.2 Å². The molecule has 1 aliphatic heterocycles. The zero-order chi connectivity index (χ0) is 15.1. The summed E-state index contributed by atoms with van der Waals surface area (Å²) in [7, 11) is 2.21. The average molecular weight is 290 g/mol. The van der Waals surface area contributed by atoms with Crippen molar-refractivity contribution in [2.75, 3.05) is 46.4 Å². The number of benzene rings is 1. The van der Waals surface area contributed by atoms with Crippen LogP contribution in [-0.4, -0.2) is 56.2 Å². The van der Waals surface area contributed by atoms with Crippen molar-refractivity contribution < 1.29 is 4.74 Å². The van der Waals surface area contributed by atoms with Gasteiger partial charge >= 0.3 is 0 Å². The number of ether oxygens (including phenoxy) is 1. The van der Waals surface area contributed by atoms with Crippen LogP contribution in [0.15, 0.2) is 18.2 Å². The third-order valence-electron chi connectivity index (χ3n) is 4.35. The first-order chi connectivity index (χ1) is 10.2. The second kappa shape index (κ2) is 8.40. The lowest BCUT2D eigenvalue weighted by atomic mass is 10.0. The molecule has 0 spiro atoms. The molecule has 0 unspecified atom stereocenters. The maximum atomic E-state index is 5.77. The molecule has 118 valence electrons. The molecule has 3 heteroatoms. The molecule has 1 fully saturated rings. The SMILES string of the molecule is CCOc1ccc(CC)cc1CCCN1CCN(C)CC1. The Hall–Kier alpha value is -1.06. The third-order valence-corrected chi connectivity index (χ3v) is 4.35. The Labute approximate surface area is 129 Å². The van der Waals surface area contributed by atoms with E-state index in [1.807, 2.05) is 0 Å². The second-order valence-electron chi connectivity index (χ2n) is 5.98. The minimum Gasteiger partial charge on any atom is -0.494 e. The van der Waals surface area contributed by atoms with Crippen LogP contribution in [0.4, 0.5) is 0 Å². The van der Waals surface area contributed by atoms with E-state index < -0.39 is 0 Å². The molecule has 0 atom stereocenters. The van der Waals surface area contributed by atoms with Crippen LogP contribution in [0.1, 0.15) is 31.4 Å². The van der Waals surface area contributed by atoms with E-state index in [2.05, 4.69) is 48.9 Å². The number of hydrogen-bond donors (Lipinski definition) is 0. The zero-order valence-corrected chi connectivity index (χ0v) is 13.9. The molecular weight excluding hydrogens is 260 g/mol. The van der Waals surface area contributed by atoms with E-state index in [0.29, 0.717) is 0 Å². The highest BCUT2D eigenvalue weighted by Gasteiger charge is 2.13. The minimum atomic E-state index is 0.747. The highest BCUT2D eigenvalue weighted by Crippen LogP contribution is 2.22. The normalized spacial score (nSPS) is 17.1. The third kappa shape index (κ3) is 5.01. The van der Waals surface area contributed by atoms with Gasteiger partial charge in [-0.15, -0.1) is 0 Å². The Bertz CT molecular complexity index is 425. The molecule has 1 aromatic carbocycles. The predicted molar refractivity (Wildman–Crippen MR) is 89.2 cm³/mol. The first-order valence-corrected chi connectivity index (χ1v) is 8.38. The molecule has 3 nitrogen and oxygen atoms in total. The Morgan fingerprint density at radius 2 is 1.86 bits per heavy atom. The van der Waals surface area contributed by atoms with Gasteiger partial charge in [0.2, 0.25) is 0 Å². The molecule has 1 aliphatic rings. The van der Waals surface area contributed by atoms with Gasteiger partial charge in [0.15, 0.2) is 0 Å². The summed E-state index contributed by atoms with van der Waals surface area (Å²) in [5.74, 6) is 1.08. The van der Waals surface area contributed by atoms with Crippen molar-refractivity contribution in [1.82, 2.24) is 9.80 Å². The summed E-state index contributed by atoms with van der Waals surface area (Å²) in [6.07, 6.45) is 3.43. The zero-order valence-electron chi connectivity index (χ0n) is 13.9. The Kier molecular flexibility index (Phi) is 6.52. The van der Waals surface area contributed by atoms with E-state index in [9.17, 15) is 0 Å². The number of hydrogen-bond acceptors (Lipinski definition) is 3. The van der Waals surface area contributed by atoms with Gasteiger partial charge in [0.05, 0.1) is 6.61 Å². The number of rotatable bonds is 7. The maximum absolute atomic E-state index is 5.77. The summed E-state index contributed by atoms with van der Waals surface area (Å²) in [6, 6.07) is 6.66. The lowest BCUT2D eigenvalue weighted by molar-refractivity contribution is 0.153. The van der Waals surface area contributed by atoms with Crippen molar-refractivity contribution in [3.8, 4) is 5.75 Å². The van der Waals surface area contributed by atoms with Gasteiger partial charge in [0.25, 0.3) is 0 Å². The molecule has 0 amide bonds. The van der Waals surface area contributed by atoms with Crippen molar-refractivity contribution >= 4 is 0 Å². The van der Waals surface area contributed by atoms with Crippen LogP contribution in [0.25, 0.3) is 0 Å². The Morgan fingerprint density at radius 1 is 1.10 bits per heavy atom. The van der Waals surface area contributed by atoms with Gasteiger partial charge in [0.1, 0.15) is 5.75 Å². The molecular formula is C18H30N2O. The molecule has 1 saturated heterocycles. The molecule has 0 bridgehead atoms. The van der Waals surface area contributed by atoms with Crippen LogP contribution in [0, 0.1) is 0 Å². The van der Waals surface area contributed by atoms with Crippen LogP contribution in [0.3, 0.4) is 0 Å². The van der Waals surface area contributed by atoms with Crippen LogP contribution >= 0.6 is 0 Å². The van der Waals surface area contributed by atoms with Gasteiger partial charge in [-0.2, -0.15) is 0 Å². The topological polar surface area (TPSA) is 15.7 Å². The van der Waals surface area contributed by atoms with Crippen LogP contribution in [0.5, 0.6) is 5.75 Å². The average Bonchev–Trinajstić information content (AvgIpc) is 2.51. The lowest BCUT2D eigenvalue weighted by Gasteiger charge is -2.32. The fourth-order valence-electron chi connectivity index (χ4n) is 2.91. The summed E-state index contributed by atoms with van der Waals surface area (Å²) in [6.45, 7) is 11.1. The van der Waals surface area contributed by atoms with Gasteiger partial charge in [-0.1, -0.05) is 19.1 Å². The maximum Gasteiger partial charge on any atom is 0.122 e. The van der Waals surface area contributed by atoms with Gasteiger partial charge in [-0.25, -0.2) is 0 Å². The standard InChI is InChI=1S/C18H30N2O/c1-4-16-8-9-18(21-5-2)17(15-16)7-6-10-20-13-11-19(3)12-14-20/h8-9,15H,4-7,10-14H2,1-3H3. The summed E-state index contributed by atoms with van der Waals surface area (Å²) >= 11 is 0. The van der Waals surface area contributed by atoms with Crippen LogP contribution < -0.4 is 4.74 Å². The summed E-state index contributed by atoms with van der Waals surface area (Å²) < 4.78 is 5.77. The van der Waals surface area contributed by atoms with Gasteiger partial charge < -0.3 is 14.5 Å². The number of likely N-dealkylation sites (N-methyl/N-ethyl adjacent to an activating group) is 1.